The molecule has 1 saturated carbocycles. The molecule has 6 heteroatoms. The van der Waals surface area contributed by atoms with Gasteiger partial charge in [-0.2, -0.15) is 0 Å². The molecular weight excluding hydrogens is 336 g/mol. The van der Waals surface area contributed by atoms with Gasteiger partial charge in [0.1, 0.15) is 0 Å². The smallest absolute Gasteiger partial charge is 0.214 e. The summed E-state index contributed by atoms with van der Waals surface area (Å²) in [5, 5.41) is -0.130. The Morgan fingerprint density at radius 2 is 1.92 bits per heavy atom. The highest BCUT2D eigenvalue weighted by Gasteiger charge is 2.52. The molecule has 1 N–H and O–H groups in total. The zero-order valence-corrected chi connectivity index (χ0v) is 15.7. The van der Waals surface area contributed by atoms with Crippen molar-refractivity contribution in [2.24, 2.45) is 5.92 Å². The van der Waals surface area contributed by atoms with E-state index in [9.17, 15) is 8.42 Å². The van der Waals surface area contributed by atoms with Crippen LogP contribution in [0.15, 0.2) is 24.3 Å². The van der Waals surface area contributed by atoms with Gasteiger partial charge in [0.2, 0.25) is 10.0 Å². The summed E-state index contributed by atoms with van der Waals surface area (Å²) in [5.74, 6) is 0.462. The van der Waals surface area contributed by atoms with Crippen molar-refractivity contribution in [3.05, 3.63) is 35.4 Å². The summed E-state index contributed by atoms with van der Waals surface area (Å²) in [4.78, 5) is 2.43. The molecule has 3 fully saturated rings. The third kappa shape index (κ3) is 3.77. The Hall–Kier alpha value is -0.950. The van der Waals surface area contributed by atoms with E-state index in [0.717, 1.165) is 51.9 Å². The summed E-state index contributed by atoms with van der Waals surface area (Å²) >= 11 is 0. The lowest BCUT2D eigenvalue weighted by Crippen LogP contribution is -2.64. The first-order valence-corrected chi connectivity index (χ1v) is 10.9. The monoisotopic (exact) mass is 364 g/mol. The van der Waals surface area contributed by atoms with Crippen LogP contribution in [0.2, 0.25) is 0 Å². The summed E-state index contributed by atoms with van der Waals surface area (Å²) in [6, 6.07) is 8.71. The van der Waals surface area contributed by atoms with E-state index in [0.29, 0.717) is 12.5 Å². The summed E-state index contributed by atoms with van der Waals surface area (Å²) < 4.78 is 32.8. The molecule has 0 radical (unpaired) electrons. The molecule has 1 spiro atoms. The Labute approximate surface area is 150 Å². The normalized spacial score (nSPS) is 26.0. The molecule has 2 aliphatic heterocycles. The predicted octanol–water partition coefficient (Wildman–Crippen LogP) is 2.06. The molecule has 1 aromatic rings. The molecule has 5 nitrogen and oxygen atoms in total. The Balaban J connectivity index is 1.26. The predicted molar refractivity (Wildman–Crippen MR) is 97.8 cm³/mol. The van der Waals surface area contributed by atoms with Crippen LogP contribution in [0, 0.1) is 12.8 Å². The van der Waals surface area contributed by atoms with Crippen molar-refractivity contribution in [1.29, 1.82) is 0 Å². The largest absolute Gasteiger partial charge is 0.372 e. The SMILES string of the molecule is Cc1ccc(CN2CC3(C2)OCC[C@@H]3CCNS(=O)(=O)C2CC2)cc1. The molecule has 2 heterocycles. The number of sulfonamides is 1. The lowest BCUT2D eigenvalue weighted by atomic mass is 9.79. The molecule has 0 bridgehead atoms. The standard InChI is InChI=1S/C19H28N2O3S/c1-15-2-4-16(5-3-15)12-21-13-19(14-21)17(9-11-24-19)8-10-20-25(22,23)18-6-7-18/h2-5,17-18,20H,6-14H2,1H3/t17-/m0/s1. The molecule has 0 amide bonds. The van der Waals surface area contributed by atoms with Crippen molar-refractivity contribution in [3.8, 4) is 0 Å². The molecule has 1 atom stereocenters. The molecule has 0 unspecified atom stereocenters. The molecule has 4 rings (SSSR count). The summed E-state index contributed by atoms with van der Waals surface area (Å²) in [6.45, 7) is 6.34. The van der Waals surface area contributed by atoms with Crippen LogP contribution in [-0.4, -0.2) is 50.4 Å². The quantitative estimate of drug-likeness (QED) is 0.805. The first kappa shape index (κ1) is 17.5. The van der Waals surface area contributed by atoms with E-state index in [2.05, 4.69) is 40.8 Å². The summed E-state index contributed by atoms with van der Waals surface area (Å²) in [5.41, 5.74) is 2.58. The molecule has 1 aromatic carbocycles. The van der Waals surface area contributed by atoms with Gasteiger partial charge in [-0.3, -0.25) is 4.90 Å². The number of nitrogens with one attached hydrogen (secondary N) is 1. The van der Waals surface area contributed by atoms with Crippen molar-refractivity contribution in [3.63, 3.8) is 0 Å². The lowest BCUT2D eigenvalue weighted by Gasteiger charge is -2.50. The molecule has 1 aliphatic carbocycles. The number of hydrogen-bond donors (Lipinski definition) is 1. The van der Waals surface area contributed by atoms with E-state index in [-0.39, 0.29) is 10.9 Å². The summed E-state index contributed by atoms with van der Waals surface area (Å²) in [7, 11) is -3.06. The average molecular weight is 365 g/mol. The number of nitrogens with zero attached hydrogens (tertiary/aromatic N) is 1. The van der Waals surface area contributed by atoms with Gasteiger partial charge in [-0.15, -0.1) is 0 Å². The first-order chi connectivity index (χ1) is 12.0. The number of benzene rings is 1. The van der Waals surface area contributed by atoms with Gasteiger partial charge in [0, 0.05) is 32.8 Å². The Morgan fingerprint density at radius 3 is 2.60 bits per heavy atom. The van der Waals surface area contributed by atoms with Gasteiger partial charge in [0.15, 0.2) is 0 Å². The van der Waals surface area contributed by atoms with Gasteiger partial charge in [-0.05, 0) is 44.1 Å². The van der Waals surface area contributed by atoms with E-state index in [1.165, 1.54) is 11.1 Å². The maximum atomic E-state index is 11.9. The fourth-order valence-corrected chi connectivity index (χ4v) is 5.58. The van der Waals surface area contributed by atoms with Crippen LogP contribution >= 0.6 is 0 Å². The van der Waals surface area contributed by atoms with E-state index >= 15 is 0 Å². The number of aryl methyl sites for hydroxylation is 1. The second-order valence-corrected chi connectivity index (χ2v) is 10.0. The van der Waals surface area contributed by atoms with Crippen molar-refractivity contribution in [1.82, 2.24) is 9.62 Å². The minimum Gasteiger partial charge on any atom is -0.372 e. The highest BCUT2D eigenvalue weighted by atomic mass is 32.2. The van der Waals surface area contributed by atoms with Gasteiger partial charge in [0.25, 0.3) is 0 Å². The van der Waals surface area contributed by atoms with Crippen LogP contribution < -0.4 is 4.72 Å². The van der Waals surface area contributed by atoms with Crippen LogP contribution in [0.1, 0.15) is 36.8 Å². The van der Waals surface area contributed by atoms with Crippen LogP contribution in [0.25, 0.3) is 0 Å². The highest BCUT2D eigenvalue weighted by Crippen LogP contribution is 2.42. The van der Waals surface area contributed by atoms with Gasteiger partial charge in [-0.1, -0.05) is 29.8 Å². The van der Waals surface area contributed by atoms with Crippen molar-refractivity contribution in [2.45, 2.75) is 50.0 Å². The minimum absolute atomic E-state index is 0.0459. The highest BCUT2D eigenvalue weighted by molar-refractivity contribution is 7.90. The molecule has 138 valence electrons. The second-order valence-electron chi connectivity index (χ2n) is 7.96. The molecule has 3 aliphatic rings. The van der Waals surface area contributed by atoms with Crippen LogP contribution in [0.5, 0.6) is 0 Å². The van der Waals surface area contributed by atoms with E-state index in [1.807, 2.05) is 0 Å². The number of rotatable bonds is 7. The second kappa shape index (κ2) is 6.65. The molecular formula is C19H28N2O3S. The Kier molecular flexibility index (Phi) is 4.65. The van der Waals surface area contributed by atoms with Crippen molar-refractivity contribution in [2.75, 3.05) is 26.2 Å². The Morgan fingerprint density at radius 1 is 1.20 bits per heavy atom. The van der Waals surface area contributed by atoms with Crippen LogP contribution in [0.3, 0.4) is 0 Å². The summed E-state index contributed by atoms with van der Waals surface area (Å²) in [6.07, 6.45) is 3.56. The first-order valence-electron chi connectivity index (χ1n) is 9.37. The lowest BCUT2D eigenvalue weighted by molar-refractivity contribution is -0.136. The Bertz CT molecular complexity index is 707. The van der Waals surface area contributed by atoms with Crippen molar-refractivity contribution >= 4 is 10.0 Å². The third-order valence-corrected chi connectivity index (χ3v) is 7.82. The number of likely N-dealkylation sites (tertiary alicyclic amines) is 1. The van der Waals surface area contributed by atoms with E-state index < -0.39 is 10.0 Å². The zero-order chi connectivity index (χ0) is 17.5. The van der Waals surface area contributed by atoms with Gasteiger partial charge >= 0.3 is 0 Å². The average Bonchev–Trinajstić information content (AvgIpc) is 3.32. The topological polar surface area (TPSA) is 58.6 Å². The third-order valence-electron chi connectivity index (χ3n) is 5.87. The minimum atomic E-state index is -3.06. The van der Waals surface area contributed by atoms with Gasteiger partial charge in [-0.25, -0.2) is 13.1 Å². The maximum Gasteiger partial charge on any atom is 0.214 e. The van der Waals surface area contributed by atoms with Gasteiger partial charge in [0.05, 0.1) is 10.9 Å². The molecule has 0 aromatic heterocycles. The zero-order valence-electron chi connectivity index (χ0n) is 14.9. The van der Waals surface area contributed by atoms with Crippen LogP contribution in [-0.2, 0) is 21.3 Å². The number of ether oxygens (including phenoxy) is 1. The molecule has 25 heavy (non-hydrogen) atoms. The maximum absolute atomic E-state index is 11.9. The fourth-order valence-electron chi connectivity index (χ4n) is 4.19. The van der Waals surface area contributed by atoms with Crippen molar-refractivity contribution < 1.29 is 13.2 Å². The molecule has 2 saturated heterocycles. The van der Waals surface area contributed by atoms with Crippen LogP contribution in [0.4, 0.5) is 0 Å². The van der Waals surface area contributed by atoms with Gasteiger partial charge < -0.3 is 4.74 Å². The van der Waals surface area contributed by atoms with E-state index in [1.54, 1.807) is 0 Å². The van der Waals surface area contributed by atoms with E-state index in [4.69, 9.17) is 4.74 Å². The fraction of sp³-hybridized carbons (Fsp3) is 0.684. The number of hydrogen-bond acceptors (Lipinski definition) is 4.